The fraction of sp³-hybridized carbons (Fsp3) is 0.269. The van der Waals surface area contributed by atoms with Crippen LogP contribution in [-0.2, 0) is 24.1 Å². The summed E-state index contributed by atoms with van der Waals surface area (Å²) in [6.07, 6.45) is 20.8. The molecular formula is C93H95F6IMgO4. The van der Waals surface area contributed by atoms with E-state index in [2.05, 4.69) is 160 Å². The molecule has 0 saturated carbocycles. The number of hydrogen-bond acceptors (Lipinski definition) is 4. The molecule has 0 saturated heterocycles. The number of ketones is 1. The summed E-state index contributed by atoms with van der Waals surface area (Å²) in [7, 11) is 3.95. The molecule has 12 rings (SSSR count). The first-order valence-corrected chi connectivity index (χ1v) is 36.0. The molecule has 1 unspecified atom stereocenters. The Hall–Kier alpha value is -8.43. The van der Waals surface area contributed by atoms with Crippen molar-refractivity contribution in [2.24, 2.45) is 0 Å². The zero-order valence-corrected chi connectivity index (χ0v) is 65.7. The maximum absolute atomic E-state index is 14.6. The number of allylic oxidation sites excluding steroid dienone is 6. The number of rotatable bonds is 24. The van der Waals surface area contributed by atoms with E-state index < -0.39 is 40.8 Å². The summed E-state index contributed by atoms with van der Waals surface area (Å²) in [5.41, 5.74) is 21.6. The van der Waals surface area contributed by atoms with Crippen LogP contribution in [0, 0.1) is 49.3 Å². The van der Waals surface area contributed by atoms with Crippen LogP contribution in [0.1, 0.15) is 162 Å². The van der Waals surface area contributed by atoms with Gasteiger partial charge in [0.2, 0.25) is 17.5 Å². The number of carbonyl (C=O) groups excluding carboxylic acids is 1. The van der Waals surface area contributed by atoms with Crippen LogP contribution in [-0.4, -0.2) is 50.2 Å². The first-order valence-electron chi connectivity index (χ1n) is 36.0. The average molecular weight is 1540 g/mol. The van der Waals surface area contributed by atoms with Gasteiger partial charge in [-0.3, -0.25) is 4.79 Å². The molecule has 0 N–H and O–H groups in total. The summed E-state index contributed by atoms with van der Waals surface area (Å²) in [5, 5.41) is 0. The molecular weight excluding hydrogens is 1450 g/mol. The van der Waals surface area contributed by atoms with Crippen molar-refractivity contribution in [3.63, 3.8) is 0 Å². The number of ether oxygens (including phenoxy) is 3. The molecule has 0 spiro atoms. The third-order valence-corrected chi connectivity index (χ3v) is 19.7. The van der Waals surface area contributed by atoms with Gasteiger partial charge in [-0.15, -0.1) is 0 Å². The number of halogens is 7. The van der Waals surface area contributed by atoms with E-state index in [-0.39, 0.29) is 88.6 Å². The summed E-state index contributed by atoms with van der Waals surface area (Å²) in [4.78, 5) is 12.8. The van der Waals surface area contributed by atoms with Crippen molar-refractivity contribution in [2.75, 3.05) is 21.3 Å². The van der Waals surface area contributed by atoms with Crippen molar-refractivity contribution in [1.29, 1.82) is 0 Å². The van der Waals surface area contributed by atoms with Crippen LogP contribution in [0.2, 0.25) is 0 Å². The molecule has 0 aromatic heterocycles. The van der Waals surface area contributed by atoms with Gasteiger partial charge in [-0.25, -0.2) is 13.2 Å². The SMILES string of the molecule is CCCCCc1ccc(-c2ccc(-c3ccc(-c4ccc(OC)c(F)c4F)c(C)c3)cc2)cc1.CCCCCc1ccc(-c2ccc(C3=CC(=O)C(c4ccc(OC)c(F)c4F)CC3)cc2)cc1.CCCCCc1ccc(-c2ccc(C3=CC(C)=C(c4ccc(OC)c(F)c4F)CC3)cc2)cc1.[CH3-].[I-].[Mg+2]. The zero-order valence-electron chi connectivity index (χ0n) is 62.1. The van der Waals surface area contributed by atoms with Gasteiger partial charge < -0.3 is 45.6 Å². The molecule has 10 aromatic carbocycles. The Kier molecular flexibility index (Phi) is 32.6. The van der Waals surface area contributed by atoms with Crippen molar-refractivity contribution < 1.29 is 69.3 Å². The monoisotopic (exact) mass is 1540 g/mol. The largest absolute Gasteiger partial charge is 2.00 e. The minimum Gasteiger partial charge on any atom is -1.00 e. The second kappa shape index (κ2) is 40.9. The number of carbonyl (C=O) groups is 1. The molecule has 542 valence electrons. The normalized spacial score (nSPS) is 13.1. The predicted molar refractivity (Wildman–Crippen MR) is 420 cm³/mol. The Bertz CT molecular complexity index is 4580. The smallest absolute Gasteiger partial charge is 1.00 e. The maximum Gasteiger partial charge on any atom is 2.00 e. The van der Waals surface area contributed by atoms with Crippen LogP contribution in [0.15, 0.2) is 218 Å². The van der Waals surface area contributed by atoms with Gasteiger partial charge in [0.25, 0.3) is 0 Å². The van der Waals surface area contributed by atoms with Crippen molar-refractivity contribution in [3.8, 4) is 72.9 Å². The van der Waals surface area contributed by atoms with Crippen LogP contribution >= 0.6 is 0 Å². The number of benzene rings is 10. The molecule has 2 aliphatic rings. The summed E-state index contributed by atoms with van der Waals surface area (Å²) in [6.45, 7) is 10.5. The fourth-order valence-electron chi connectivity index (χ4n) is 13.7. The van der Waals surface area contributed by atoms with E-state index in [1.807, 2.05) is 44.2 Å². The molecule has 0 amide bonds. The molecule has 2 aliphatic carbocycles. The Balaban J connectivity index is 0.000000217. The van der Waals surface area contributed by atoms with Gasteiger partial charge >= 0.3 is 23.1 Å². The molecule has 0 heterocycles. The van der Waals surface area contributed by atoms with E-state index in [9.17, 15) is 31.1 Å². The van der Waals surface area contributed by atoms with Crippen LogP contribution in [0.4, 0.5) is 26.3 Å². The molecule has 0 bridgehead atoms. The molecule has 0 aliphatic heterocycles. The van der Waals surface area contributed by atoms with Crippen LogP contribution in [0.3, 0.4) is 0 Å². The Labute approximate surface area is 652 Å². The second-order valence-corrected chi connectivity index (χ2v) is 26.6. The number of hydrogen-bond donors (Lipinski definition) is 0. The standard InChI is InChI=1S/C31H32F2O.C31H30F2O.C30H30F2O2.CH3.HI.Mg/c2*1-4-5-6-7-22-8-10-23(11-9-22)24-12-14-25(15-13-24)26-16-17-27(21(2)20-26)28-18-19-29(34-3)31(33)30(28)32;1-3-4-5-6-20-7-9-21(10-8-20)22-11-13-23(14-12-22)24-15-16-25(27(33)19-24)26-17-18-28(34-2)30(32)29(26)31;;;/h8-15,18-20H,4-7,16-17H2,1-3H3;8-20H,4-7H2,1-3H3;7-14,17-19,25H,3-6,15-16H2,1-2H3;1H3;1H;/q;;;-1;;+2/p-1. The van der Waals surface area contributed by atoms with Gasteiger partial charge in [0.05, 0.1) is 27.2 Å². The fourth-order valence-corrected chi connectivity index (χ4v) is 13.7. The van der Waals surface area contributed by atoms with Crippen molar-refractivity contribution >= 4 is 45.6 Å². The van der Waals surface area contributed by atoms with Crippen LogP contribution in [0.25, 0.3) is 72.4 Å². The van der Waals surface area contributed by atoms with Gasteiger partial charge in [-0.2, -0.15) is 13.2 Å². The van der Waals surface area contributed by atoms with Crippen molar-refractivity contribution in [2.45, 2.75) is 143 Å². The molecule has 105 heavy (non-hydrogen) atoms. The van der Waals surface area contributed by atoms with Crippen LogP contribution in [0.5, 0.6) is 17.2 Å². The first kappa shape index (κ1) is 83.8. The maximum atomic E-state index is 14.6. The molecule has 0 radical (unpaired) electrons. The van der Waals surface area contributed by atoms with E-state index in [4.69, 9.17) is 14.2 Å². The third-order valence-electron chi connectivity index (χ3n) is 19.7. The van der Waals surface area contributed by atoms with Gasteiger partial charge in [0, 0.05) is 16.7 Å². The van der Waals surface area contributed by atoms with Gasteiger partial charge in [-0.05, 0) is 220 Å². The zero-order chi connectivity index (χ0) is 72.2. The van der Waals surface area contributed by atoms with Crippen molar-refractivity contribution in [3.05, 3.63) is 305 Å². The molecule has 0 fully saturated rings. The second-order valence-electron chi connectivity index (χ2n) is 26.6. The first-order chi connectivity index (χ1) is 49.5. The topological polar surface area (TPSA) is 44.8 Å². The number of unbranched alkanes of at least 4 members (excludes halogenated alkanes) is 6. The minimum absolute atomic E-state index is 0. The molecule has 1 atom stereocenters. The minimum atomic E-state index is -1.05. The average Bonchev–Trinajstić information content (AvgIpc) is 0.802. The van der Waals surface area contributed by atoms with Crippen molar-refractivity contribution in [1.82, 2.24) is 0 Å². The van der Waals surface area contributed by atoms with E-state index in [1.54, 1.807) is 18.2 Å². The molecule has 10 aromatic rings. The Morgan fingerprint density at radius 2 is 0.695 bits per heavy atom. The summed E-state index contributed by atoms with van der Waals surface area (Å²) in [5.74, 6) is -6.89. The van der Waals surface area contributed by atoms with E-state index in [0.717, 1.165) is 75.8 Å². The van der Waals surface area contributed by atoms with Gasteiger partial charge in [-0.1, -0.05) is 235 Å². The van der Waals surface area contributed by atoms with Gasteiger partial charge in [0.15, 0.2) is 40.5 Å². The predicted octanol–water partition coefficient (Wildman–Crippen LogP) is 23.0. The Morgan fingerprint density at radius 1 is 0.362 bits per heavy atom. The van der Waals surface area contributed by atoms with Gasteiger partial charge in [0.1, 0.15) is 0 Å². The number of methoxy groups -OCH3 is 3. The van der Waals surface area contributed by atoms with E-state index in [1.165, 1.54) is 153 Å². The Morgan fingerprint density at radius 3 is 1.08 bits per heavy atom. The summed E-state index contributed by atoms with van der Waals surface area (Å²) in [6, 6.07) is 66.5. The third kappa shape index (κ3) is 21.2. The summed E-state index contributed by atoms with van der Waals surface area (Å²) >= 11 is 0. The molecule has 12 heteroatoms. The number of aryl methyl sites for hydroxylation is 4. The van der Waals surface area contributed by atoms with E-state index >= 15 is 0 Å². The summed E-state index contributed by atoms with van der Waals surface area (Å²) < 4.78 is 101. The molecule has 4 nitrogen and oxygen atoms in total. The van der Waals surface area contributed by atoms with Crippen LogP contribution < -0.4 is 38.2 Å². The quantitative estimate of drug-likeness (QED) is 0.0199. The van der Waals surface area contributed by atoms with E-state index in [0.29, 0.717) is 30.4 Å².